The predicted octanol–water partition coefficient (Wildman–Crippen LogP) is 4.60. The molecule has 2 amide bonds. The Balaban J connectivity index is 1.78. The fourth-order valence-corrected chi connectivity index (χ4v) is 3.59. The van der Waals surface area contributed by atoms with Crippen molar-refractivity contribution in [1.82, 2.24) is 0 Å². The molecule has 0 aromatic heterocycles. The maximum Gasteiger partial charge on any atom is 0.229 e. The zero-order valence-corrected chi connectivity index (χ0v) is 16.1. The number of anilines is 2. The van der Waals surface area contributed by atoms with Crippen LogP contribution in [0, 0.1) is 11.7 Å². The molecule has 27 heavy (non-hydrogen) atoms. The van der Waals surface area contributed by atoms with Crippen molar-refractivity contribution in [3.63, 3.8) is 0 Å². The van der Waals surface area contributed by atoms with E-state index in [1.54, 1.807) is 0 Å². The number of halogens is 2. The molecule has 2 aromatic rings. The Hall–Kier alpha value is -2.40. The van der Waals surface area contributed by atoms with Gasteiger partial charge in [-0.1, -0.05) is 43.6 Å². The normalized spacial score (nSPS) is 16.7. The predicted molar refractivity (Wildman–Crippen MR) is 106 cm³/mol. The van der Waals surface area contributed by atoms with Crippen LogP contribution in [0.3, 0.4) is 0 Å². The van der Waals surface area contributed by atoms with Gasteiger partial charge in [-0.05, 0) is 42.2 Å². The van der Waals surface area contributed by atoms with Gasteiger partial charge in [-0.25, -0.2) is 4.39 Å². The van der Waals surface area contributed by atoms with Crippen molar-refractivity contribution in [1.29, 1.82) is 0 Å². The fourth-order valence-electron chi connectivity index (χ4n) is 3.41. The molecule has 6 heteroatoms. The maximum absolute atomic E-state index is 13.4. The lowest BCUT2D eigenvalue weighted by atomic mass is 10.0. The number of nitrogens with zero attached hydrogens (tertiary/aromatic N) is 1. The Morgan fingerprint density at radius 2 is 1.89 bits per heavy atom. The number of aryl methyl sites for hydroxylation is 2. The Bertz CT molecular complexity index is 862. The van der Waals surface area contributed by atoms with E-state index in [4.69, 9.17) is 11.6 Å². The SMILES string of the molecule is CCc1cccc(CC)c1NC(=O)C1CC(=O)N(c2ccc(F)c(Cl)c2)C1. The number of nitrogens with one attached hydrogen (secondary N) is 1. The van der Waals surface area contributed by atoms with Gasteiger partial charge >= 0.3 is 0 Å². The third-order valence-corrected chi connectivity index (χ3v) is 5.25. The van der Waals surface area contributed by atoms with Crippen LogP contribution in [0.25, 0.3) is 0 Å². The lowest BCUT2D eigenvalue weighted by Gasteiger charge is -2.18. The molecule has 1 heterocycles. The molecule has 1 aliphatic heterocycles. The molecule has 142 valence electrons. The Morgan fingerprint density at radius 3 is 2.48 bits per heavy atom. The summed E-state index contributed by atoms with van der Waals surface area (Å²) >= 11 is 5.82. The van der Waals surface area contributed by atoms with Crippen molar-refractivity contribution in [2.75, 3.05) is 16.8 Å². The highest BCUT2D eigenvalue weighted by atomic mass is 35.5. The standard InChI is InChI=1S/C21H22ClFN2O2/c1-3-13-6-5-7-14(4-2)20(13)24-21(27)15-10-19(26)25(12-15)16-8-9-18(23)17(22)11-16/h5-9,11,15H,3-4,10,12H2,1-2H3,(H,24,27). The summed E-state index contributed by atoms with van der Waals surface area (Å²) in [6.07, 6.45) is 1.75. The summed E-state index contributed by atoms with van der Waals surface area (Å²) in [7, 11) is 0. The van der Waals surface area contributed by atoms with Crippen LogP contribution in [0.4, 0.5) is 15.8 Å². The molecule has 1 fully saturated rings. The summed E-state index contributed by atoms with van der Waals surface area (Å²) in [6.45, 7) is 4.34. The molecule has 4 nitrogen and oxygen atoms in total. The second-order valence-corrected chi connectivity index (χ2v) is 7.06. The number of rotatable bonds is 5. The Morgan fingerprint density at radius 1 is 1.22 bits per heavy atom. The summed E-state index contributed by atoms with van der Waals surface area (Å²) in [6, 6.07) is 10.1. The first-order valence-electron chi connectivity index (χ1n) is 9.11. The van der Waals surface area contributed by atoms with Crippen LogP contribution in [0.15, 0.2) is 36.4 Å². The van der Waals surface area contributed by atoms with Gasteiger partial charge in [0.2, 0.25) is 11.8 Å². The second kappa shape index (κ2) is 8.09. The Kier molecular flexibility index (Phi) is 5.80. The van der Waals surface area contributed by atoms with Crippen LogP contribution in [0.2, 0.25) is 5.02 Å². The van der Waals surface area contributed by atoms with Crippen LogP contribution < -0.4 is 10.2 Å². The molecular formula is C21H22ClFN2O2. The van der Waals surface area contributed by atoms with Crippen molar-refractivity contribution in [2.24, 2.45) is 5.92 Å². The summed E-state index contributed by atoms with van der Waals surface area (Å²) in [4.78, 5) is 26.7. The highest BCUT2D eigenvalue weighted by Crippen LogP contribution is 2.30. The lowest BCUT2D eigenvalue weighted by Crippen LogP contribution is -2.28. The molecule has 3 rings (SSSR count). The number of carbonyl (C=O) groups is 2. The summed E-state index contributed by atoms with van der Waals surface area (Å²) < 4.78 is 13.4. The van der Waals surface area contributed by atoms with E-state index in [2.05, 4.69) is 5.32 Å². The number of para-hydroxylation sites is 1. The van der Waals surface area contributed by atoms with Crippen molar-refractivity contribution in [3.8, 4) is 0 Å². The average Bonchev–Trinajstić information content (AvgIpc) is 3.06. The molecule has 0 saturated carbocycles. The smallest absolute Gasteiger partial charge is 0.229 e. The summed E-state index contributed by atoms with van der Waals surface area (Å²) in [5, 5.41) is 2.99. The Labute approximate surface area is 163 Å². The van der Waals surface area contributed by atoms with E-state index < -0.39 is 11.7 Å². The van der Waals surface area contributed by atoms with Gasteiger partial charge in [-0.2, -0.15) is 0 Å². The first kappa shape index (κ1) is 19.4. The zero-order chi connectivity index (χ0) is 19.6. The number of benzene rings is 2. The first-order valence-corrected chi connectivity index (χ1v) is 9.49. The van der Waals surface area contributed by atoms with E-state index in [0.717, 1.165) is 29.7 Å². The number of amides is 2. The minimum absolute atomic E-state index is 0.0438. The molecule has 0 spiro atoms. The topological polar surface area (TPSA) is 49.4 Å². The van der Waals surface area contributed by atoms with Gasteiger partial charge in [0.05, 0.1) is 10.9 Å². The van der Waals surface area contributed by atoms with Crippen molar-refractivity contribution < 1.29 is 14.0 Å². The van der Waals surface area contributed by atoms with Gasteiger partial charge < -0.3 is 10.2 Å². The van der Waals surface area contributed by atoms with E-state index in [1.165, 1.54) is 23.1 Å². The van der Waals surface area contributed by atoms with Crippen molar-refractivity contribution in [2.45, 2.75) is 33.1 Å². The van der Waals surface area contributed by atoms with Gasteiger partial charge in [-0.3, -0.25) is 9.59 Å². The van der Waals surface area contributed by atoms with Crippen molar-refractivity contribution in [3.05, 3.63) is 58.4 Å². The molecule has 2 aromatic carbocycles. The van der Waals surface area contributed by atoms with Gasteiger partial charge in [0.1, 0.15) is 5.82 Å². The van der Waals surface area contributed by atoms with Gasteiger partial charge in [0.15, 0.2) is 0 Å². The van der Waals surface area contributed by atoms with Gasteiger partial charge in [0.25, 0.3) is 0 Å². The zero-order valence-electron chi connectivity index (χ0n) is 15.4. The van der Waals surface area contributed by atoms with Crippen LogP contribution in [0.5, 0.6) is 0 Å². The third kappa shape index (κ3) is 3.98. The van der Waals surface area contributed by atoms with Crippen LogP contribution in [0.1, 0.15) is 31.4 Å². The number of hydrogen-bond donors (Lipinski definition) is 1. The van der Waals surface area contributed by atoms with E-state index in [0.29, 0.717) is 5.69 Å². The van der Waals surface area contributed by atoms with Crippen LogP contribution >= 0.6 is 11.6 Å². The molecule has 0 radical (unpaired) electrons. The molecule has 0 bridgehead atoms. The van der Waals surface area contributed by atoms with Crippen molar-refractivity contribution >= 4 is 34.8 Å². The van der Waals surface area contributed by atoms with Gasteiger partial charge in [0, 0.05) is 24.3 Å². The molecule has 1 saturated heterocycles. The van der Waals surface area contributed by atoms with E-state index in [-0.39, 0.29) is 29.8 Å². The minimum Gasteiger partial charge on any atom is -0.325 e. The molecule has 1 N–H and O–H groups in total. The minimum atomic E-state index is -0.537. The number of carbonyl (C=O) groups excluding carboxylic acids is 2. The number of hydrogen-bond acceptors (Lipinski definition) is 2. The van der Waals surface area contributed by atoms with Crippen LogP contribution in [-0.2, 0) is 22.4 Å². The summed E-state index contributed by atoms with van der Waals surface area (Å²) in [5.41, 5.74) is 3.51. The summed E-state index contributed by atoms with van der Waals surface area (Å²) in [5.74, 6) is -1.34. The lowest BCUT2D eigenvalue weighted by molar-refractivity contribution is -0.122. The monoisotopic (exact) mass is 388 g/mol. The highest BCUT2D eigenvalue weighted by Gasteiger charge is 2.35. The highest BCUT2D eigenvalue weighted by molar-refractivity contribution is 6.31. The molecule has 1 aliphatic rings. The van der Waals surface area contributed by atoms with Gasteiger partial charge in [-0.15, -0.1) is 0 Å². The first-order chi connectivity index (χ1) is 12.9. The van der Waals surface area contributed by atoms with E-state index in [9.17, 15) is 14.0 Å². The second-order valence-electron chi connectivity index (χ2n) is 6.65. The van der Waals surface area contributed by atoms with E-state index >= 15 is 0 Å². The quantitative estimate of drug-likeness (QED) is 0.814. The largest absolute Gasteiger partial charge is 0.325 e. The molecule has 1 unspecified atom stereocenters. The third-order valence-electron chi connectivity index (χ3n) is 4.96. The molecule has 1 atom stereocenters. The molecular weight excluding hydrogens is 367 g/mol. The molecule has 0 aliphatic carbocycles. The maximum atomic E-state index is 13.4. The fraction of sp³-hybridized carbons (Fsp3) is 0.333. The van der Waals surface area contributed by atoms with E-state index in [1.807, 2.05) is 32.0 Å². The average molecular weight is 389 g/mol. The van der Waals surface area contributed by atoms with Crippen LogP contribution in [-0.4, -0.2) is 18.4 Å².